The summed E-state index contributed by atoms with van der Waals surface area (Å²) in [5.74, 6) is 0.128. The van der Waals surface area contributed by atoms with Gasteiger partial charge in [-0.1, -0.05) is 18.0 Å². The minimum atomic E-state index is -0.662. The van der Waals surface area contributed by atoms with Crippen molar-refractivity contribution in [3.63, 3.8) is 0 Å². The molecule has 2 aliphatic heterocycles. The molecule has 2 aromatic heterocycles. The summed E-state index contributed by atoms with van der Waals surface area (Å²) in [6.07, 6.45) is 7.86. The molecule has 68 heavy (non-hydrogen) atoms. The van der Waals surface area contributed by atoms with Gasteiger partial charge in [-0.2, -0.15) is 0 Å². The Bertz CT molecular complexity index is 2720. The Labute approximate surface area is 404 Å². The standard InChI is InChI=1S/C25H28ClFN4O5.C22H24BrFN4O4/c1-15(32)36-17(13-31-6-4-3-5-7-31)14-35-24-11-20-16(8-23(24)34-2)12-28-25(29-20)30-21-10-22(33)18(26)9-19(21)27;1-31-20-6-13-10-25-22(27-18-8-19(30)15(23)7-16(18)24)26-17(13)9-21(20)32-12-14(29)11-28-4-2-3-5-28/h8-12,17,33H,3-7,13-14H2,1-2H3,(H,28,29,30);6-10,14,29-30H,2-5,11-12H2,1H3,(H,25,26,27). The minimum absolute atomic E-state index is 0.0248. The van der Waals surface area contributed by atoms with E-state index in [1.165, 1.54) is 33.6 Å². The monoisotopic (exact) mass is 1020 g/mol. The highest BCUT2D eigenvalue weighted by Gasteiger charge is 2.22. The number of hydrogen-bond donors (Lipinski definition) is 5. The molecule has 21 heteroatoms. The van der Waals surface area contributed by atoms with Crippen molar-refractivity contribution in [3.8, 4) is 34.5 Å². The first kappa shape index (κ1) is 49.8. The summed E-state index contributed by atoms with van der Waals surface area (Å²) in [5.41, 5.74) is 1.08. The minimum Gasteiger partial charge on any atom is -0.507 e. The number of benzene rings is 4. The molecule has 2 atom stereocenters. The third-order valence-corrected chi connectivity index (χ3v) is 12.0. The number of aromatic nitrogens is 4. The van der Waals surface area contributed by atoms with Gasteiger partial charge in [0.05, 0.1) is 46.1 Å². The molecule has 5 N–H and O–H groups in total. The molecule has 17 nitrogen and oxygen atoms in total. The van der Waals surface area contributed by atoms with Gasteiger partial charge in [0.1, 0.15) is 48.6 Å². The fourth-order valence-corrected chi connectivity index (χ4v) is 8.19. The summed E-state index contributed by atoms with van der Waals surface area (Å²) < 4.78 is 56.9. The Kier molecular flexibility index (Phi) is 17.1. The van der Waals surface area contributed by atoms with E-state index < -0.39 is 23.8 Å². The molecule has 4 aromatic carbocycles. The van der Waals surface area contributed by atoms with Gasteiger partial charge in [-0.05, 0) is 92.1 Å². The fourth-order valence-electron chi connectivity index (χ4n) is 7.72. The number of hydrogen-bond acceptors (Lipinski definition) is 17. The molecule has 2 unspecified atom stereocenters. The predicted molar refractivity (Wildman–Crippen MR) is 256 cm³/mol. The van der Waals surface area contributed by atoms with Crippen LogP contribution in [0, 0.1) is 11.6 Å². The van der Waals surface area contributed by atoms with E-state index in [9.17, 15) is 28.9 Å². The van der Waals surface area contributed by atoms with Crippen LogP contribution in [0.15, 0.2) is 65.4 Å². The molecule has 2 fully saturated rings. The third kappa shape index (κ3) is 13.3. The van der Waals surface area contributed by atoms with Crippen LogP contribution in [0.4, 0.5) is 32.1 Å². The van der Waals surface area contributed by atoms with Crippen LogP contribution >= 0.6 is 27.5 Å². The van der Waals surface area contributed by atoms with Crippen LogP contribution in [0.1, 0.15) is 39.0 Å². The maximum absolute atomic E-state index is 14.2. The number of halogens is 4. The number of phenols is 2. The number of aliphatic hydroxyl groups is 1. The second-order valence-corrected chi connectivity index (χ2v) is 17.5. The van der Waals surface area contributed by atoms with Crippen molar-refractivity contribution in [2.45, 2.75) is 51.2 Å². The molecule has 2 saturated heterocycles. The highest BCUT2D eigenvalue weighted by atomic mass is 79.9. The molecule has 6 aromatic rings. The van der Waals surface area contributed by atoms with Crippen LogP contribution in [-0.2, 0) is 9.53 Å². The van der Waals surface area contributed by atoms with E-state index in [2.05, 4.69) is 56.3 Å². The second-order valence-electron chi connectivity index (χ2n) is 16.2. The molecule has 0 aliphatic carbocycles. The number of anilines is 4. The van der Waals surface area contributed by atoms with Crippen LogP contribution in [0.2, 0.25) is 5.02 Å². The Morgan fingerprint density at radius 2 is 1.22 bits per heavy atom. The van der Waals surface area contributed by atoms with Gasteiger partial charge in [-0.25, -0.2) is 28.7 Å². The Hall–Kier alpha value is -6.06. The lowest BCUT2D eigenvalue weighted by atomic mass is 10.1. The van der Waals surface area contributed by atoms with Crippen LogP contribution in [0.25, 0.3) is 21.8 Å². The second kappa shape index (κ2) is 23.3. The molecule has 362 valence electrons. The van der Waals surface area contributed by atoms with E-state index in [0.717, 1.165) is 70.1 Å². The van der Waals surface area contributed by atoms with Crippen molar-refractivity contribution < 1.29 is 52.6 Å². The summed E-state index contributed by atoms with van der Waals surface area (Å²) in [4.78, 5) is 33.4. The number of aliphatic hydroxyl groups excluding tert-OH is 1. The summed E-state index contributed by atoms with van der Waals surface area (Å²) >= 11 is 8.82. The zero-order valence-corrected chi connectivity index (χ0v) is 39.9. The summed E-state index contributed by atoms with van der Waals surface area (Å²) in [6.45, 7) is 6.74. The van der Waals surface area contributed by atoms with Crippen LogP contribution < -0.4 is 29.6 Å². The quantitative estimate of drug-likeness (QED) is 0.0543. The number of ether oxygens (including phenoxy) is 5. The van der Waals surface area contributed by atoms with Gasteiger partial charge in [-0.3, -0.25) is 9.69 Å². The number of phenolic OH excluding ortho intramolecular Hbond substituents is 2. The Balaban J connectivity index is 0.000000203. The normalized spacial score (nSPS) is 15.0. The summed E-state index contributed by atoms with van der Waals surface area (Å²) in [6, 6.07) is 11.4. The number of likely N-dealkylation sites (tertiary alicyclic amines) is 2. The number of piperidine rings is 1. The number of nitrogens with zero attached hydrogens (tertiary/aromatic N) is 6. The summed E-state index contributed by atoms with van der Waals surface area (Å²) in [7, 11) is 3.06. The predicted octanol–water partition coefficient (Wildman–Crippen LogP) is 8.50. The lowest BCUT2D eigenvalue weighted by Gasteiger charge is -2.30. The average molecular weight is 1030 g/mol. The molecular weight excluding hydrogens is 974 g/mol. The van der Waals surface area contributed by atoms with Crippen molar-refractivity contribution in [2.75, 3.05) is 77.3 Å². The maximum atomic E-state index is 14.2. The number of carbonyl (C=O) groups is 1. The van der Waals surface area contributed by atoms with Gasteiger partial charge in [0, 0.05) is 67.4 Å². The van der Waals surface area contributed by atoms with E-state index in [0.29, 0.717) is 57.9 Å². The van der Waals surface area contributed by atoms with Gasteiger partial charge >= 0.3 is 5.97 Å². The molecule has 0 radical (unpaired) electrons. The zero-order valence-electron chi connectivity index (χ0n) is 37.6. The Morgan fingerprint density at radius 3 is 1.76 bits per heavy atom. The van der Waals surface area contributed by atoms with E-state index in [-0.39, 0.29) is 63.4 Å². The highest BCUT2D eigenvalue weighted by molar-refractivity contribution is 9.10. The zero-order chi connectivity index (χ0) is 48.3. The smallest absolute Gasteiger partial charge is 0.303 e. The van der Waals surface area contributed by atoms with Crippen LogP contribution in [0.3, 0.4) is 0 Å². The maximum Gasteiger partial charge on any atom is 0.303 e. The van der Waals surface area contributed by atoms with Crippen LogP contribution in [-0.4, -0.2) is 130 Å². The van der Waals surface area contributed by atoms with E-state index >= 15 is 0 Å². The highest BCUT2D eigenvalue weighted by Crippen LogP contribution is 2.36. The molecule has 0 amide bonds. The van der Waals surface area contributed by atoms with Crippen molar-refractivity contribution >= 4 is 78.6 Å². The molecule has 8 rings (SSSR count). The van der Waals surface area contributed by atoms with E-state index in [1.807, 2.05) is 0 Å². The summed E-state index contributed by atoms with van der Waals surface area (Å²) in [5, 5.41) is 36.7. The third-order valence-electron chi connectivity index (χ3n) is 11.1. The number of fused-ring (bicyclic) bond motifs is 2. The lowest BCUT2D eigenvalue weighted by molar-refractivity contribution is -0.149. The number of rotatable bonds is 17. The molecule has 0 saturated carbocycles. The molecule has 0 spiro atoms. The number of carbonyl (C=O) groups excluding carboxylic acids is 1. The fraction of sp³-hybridized carbons (Fsp3) is 0.383. The van der Waals surface area contributed by atoms with Gasteiger partial charge in [0.15, 0.2) is 23.0 Å². The van der Waals surface area contributed by atoms with Crippen LogP contribution in [0.5, 0.6) is 34.5 Å². The van der Waals surface area contributed by atoms with Gasteiger partial charge in [-0.15, -0.1) is 0 Å². The topological polar surface area (TPSA) is 206 Å². The average Bonchev–Trinajstić information content (AvgIpc) is 3.83. The van der Waals surface area contributed by atoms with E-state index in [1.54, 1.807) is 36.7 Å². The molecule has 2 aliphatic rings. The SMILES string of the molecule is COc1cc2cnc(Nc3cc(O)c(Br)cc3F)nc2cc1OCC(O)CN1CCCC1.COc1cc2cnc(Nc3cc(O)c(Cl)cc3F)nc2cc1OCC(CN1CCCCC1)OC(C)=O. The van der Waals surface area contributed by atoms with Gasteiger partial charge < -0.3 is 54.5 Å². The van der Waals surface area contributed by atoms with Gasteiger partial charge in [0.25, 0.3) is 0 Å². The largest absolute Gasteiger partial charge is 0.507 e. The molecular formula is C47H52BrClF2N8O9. The van der Waals surface area contributed by atoms with Crippen molar-refractivity contribution in [3.05, 3.63) is 82.1 Å². The first-order chi connectivity index (χ1) is 32.7. The Morgan fingerprint density at radius 1 is 0.721 bits per heavy atom. The van der Waals surface area contributed by atoms with Crippen molar-refractivity contribution in [1.29, 1.82) is 0 Å². The lowest BCUT2D eigenvalue weighted by Crippen LogP contribution is -2.40. The number of methoxy groups -OCH3 is 2. The first-order valence-electron chi connectivity index (χ1n) is 21.9. The number of nitrogens with one attached hydrogen (secondary N) is 2. The number of aromatic hydroxyl groups is 2. The van der Waals surface area contributed by atoms with Gasteiger partial charge in [0.2, 0.25) is 11.9 Å². The van der Waals surface area contributed by atoms with Crippen molar-refractivity contribution in [1.82, 2.24) is 29.7 Å². The first-order valence-corrected chi connectivity index (χ1v) is 23.1. The number of β-amino-alcohol motifs (C(OH)–C–C–N with tert-alkyl or cyclic N) is 1. The van der Waals surface area contributed by atoms with Crippen molar-refractivity contribution in [2.24, 2.45) is 0 Å². The number of esters is 1. The molecule has 0 bridgehead atoms. The van der Waals surface area contributed by atoms with E-state index in [4.69, 9.17) is 35.3 Å². The molecule has 4 heterocycles.